The van der Waals surface area contributed by atoms with E-state index in [1.807, 2.05) is 25.1 Å². The van der Waals surface area contributed by atoms with Crippen LogP contribution in [0.5, 0.6) is 0 Å². The molecule has 0 amide bonds. The van der Waals surface area contributed by atoms with Crippen LogP contribution in [0.2, 0.25) is 0 Å². The molecule has 9 heteroatoms. The van der Waals surface area contributed by atoms with Crippen LogP contribution in [0.15, 0.2) is 62.9 Å². The number of pyridine rings is 1. The molecule has 0 aliphatic rings. The largest absolute Gasteiger partial charge is 0.456 e. The Bertz CT molecular complexity index is 1280. The van der Waals surface area contributed by atoms with Crippen LogP contribution in [0.3, 0.4) is 0 Å². The molecule has 0 spiro atoms. The van der Waals surface area contributed by atoms with Crippen molar-refractivity contribution in [3.8, 4) is 0 Å². The summed E-state index contributed by atoms with van der Waals surface area (Å²) in [7, 11) is 0. The predicted molar refractivity (Wildman–Crippen MR) is 110 cm³/mol. The average Bonchev–Trinajstić information content (AvgIpc) is 3.15. The van der Waals surface area contributed by atoms with Crippen LogP contribution in [0.4, 0.5) is 0 Å². The van der Waals surface area contributed by atoms with Crippen molar-refractivity contribution in [3.63, 3.8) is 0 Å². The predicted octanol–water partition coefficient (Wildman–Crippen LogP) is 3.34. The molecule has 0 bridgehead atoms. The van der Waals surface area contributed by atoms with Crippen molar-refractivity contribution in [3.05, 3.63) is 87.6 Å². The Morgan fingerprint density at radius 2 is 2.00 bits per heavy atom. The summed E-state index contributed by atoms with van der Waals surface area (Å²) in [6.45, 7) is 3.57. The van der Waals surface area contributed by atoms with Crippen LogP contribution in [0, 0.1) is 13.8 Å². The Morgan fingerprint density at radius 3 is 2.80 bits per heavy atom. The number of fused-ring (bicyclic) bond motifs is 1. The first kappa shape index (κ1) is 19.8. The maximum atomic E-state index is 12.7. The van der Waals surface area contributed by atoms with Gasteiger partial charge in [-0.3, -0.25) is 9.20 Å². The van der Waals surface area contributed by atoms with Crippen molar-refractivity contribution in [1.82, 2.24) is 19.5 Å². The van der Waals surface area contributed by atoms with Crippen LogP contribution in [0.25, 0.3) is 5.65 Å². The Hall–Kier alpha value is -3.46. The van der Waals surface area contributed by atoms with Crippen molar-refractivity contribution < 1.29 is 14.1 Å². The zero-order valence-corrected chi connectivity index (χ0v) is 17.2. The fourth-order valence-corrected chi connectivity index (χ4v) is 3.72. The summed E-state index contributed by atoms with van der Waals surface area (Å²) in [6, 6.07) is 12.1. The molecule has 0 saturated carbocycles. The molecule has 0 atom stereocenters. The van der Waals surface area contributed by atoms with E-state index >= 15 is 0 Å². The number of thioether (sulfide) groups is 1. The SMILES string of the molecule is Cc1ccn2c(=O)cc(COC(=O)c3ccccc3SCc3nc(C)no3)nc2c1. The highest BCUT2D eigenvalue weighted by Crippen LogP contribution is 2.26. The van der Waals surface area contributed by atoms with E-state index in [1.165, 1.54) is 22.2 Å². The molecule has 0 aliphatic heterocycles. The van der Waals surface area contributed by atoms with Crippen LogP contribution in [-0.4, -0.2) is 25.5 Å². The normalized spacial score (nSPS) is 11.0. The lowest BCUT2D eigenvalue weighted by Gasteiger charge is -2.09. The number of nitrogens with zero attached hydrogens (tertiary/aromatic N) is 4. The van der Waals surface area contributed by atoms with E-state index in [4.69, 9.17) is 9.26 Å². The highest BCUT2D eigenvalue weighted by Gasteiger charge is 2.15. The summed E-state index contributed by atoms with van der Waals surface area (Å²) in [5.74, 6) is 0.989. The second kappa shape index (κ2) is 8.50. The Kier molecular flexibility index (Phi) is 5.62. The number of hydrogen-bond acceptors (Lipinski definition) is 8. The minimum Gasteiger partial charge on any atom is -0.456 e. The number of aromatic nitrogens is 4. The van der Waals surface area contributed by atoms with Gasteiger partial charge in [-0.25, -0.2) is 9.78 Å². The molecule has 3 heterocycles. The summed E-state index contributed by atoms with van der Waals surface area (Å²) in [5, 5.41) is 3.76. The average molecular weight is 422 g/mol. The van der Waals surface area contributed by atoms with Crippen LogP contribution < -0.4 is 5.56 Å². The first-order chi connectivity index (χ1) is 14.5. The van der Waals surface area contributed by atoms with Gasteiger partial charge < -0.3 is 9.26 Å². The van der Waals surface area contributed by atoms with Gasteiger partial charge >= 0.3 is 5.97 Å². The van der Waals surface area contributed by atoms with E-state index in [2.05, 4.69) is 15.1 Å². The number of benzene rings is 1. The standard InChI is InChI=1S/C21H18N4O4S/c1-13-7-8-25-18(9-13)23-15(10-20(25)26)11-28-21(27)16-5-3-4-6-17(16)30-12-19-22-14(2)24-29-19/h3-10H,11-12H2,1-2H3. The smallest absolute Gasteiger partial charge is 0.339 e. The molecule has 152 valence electrons. The first-order valence-electron chi connectivity index (χ1n) is 9.17. The third-order valence-electron chi connectivity index (χ3n) is 4.25. The van der Waals surface area contributed by atoms with Crippen molar-refractivity contribution in [2.45, 2.75) is 31.1 Å². The fourth-order valence-electron chi connectivity index (χ4n) is 2.84. The second-order valence-electron chi connectivity index (χ2n) is 6.61. The molecule has 1 aromatic carbocycles. The highest BCUT2D eigenvalue weighted by atomic mass is 32.2. The van der Waals surface area contributed by atoms with Crippen molar-refractivity contribution in [1.29, 1.82) is 0 Å². The minimum atomic E-state index is -0.494. The van der Waals surface area contributed by atoms with E-state index in [1.54, 1.807) is 31.3 Å². The van der Waals surface area contributed by atoms with Gasteiger partial charge in [0, 0.05) is 17.2 Å². The second-order valence-corrected chi connectivity index (χ2v) is 7.63. The highest BCUT2D eigenvalue weighted by molar-refractivity contribution is 7.98. The molecule has 3 aromatic heterocycles. The number of ether oxygens (including phenoxy) is 1. The quantitative estimate of drug-likeness (QED) is 0.345. The molecular formula is C21H18N4O4S. The summed E-state index contributed by atoms with van der Waals surface area (Å²) < 4.78 is 12.0. The Morgan fingerprint density at radius 1 is 1.17 bits per heavy atom. The van der Waals surface area contributed by atoms with Gasteiger partial charge in [-0.15, -0.1) is 11.8 Å². The molecule has 0 saturated heterocycles. The summed E-state index contributed by atoms with van der Waals surface area (Å²) in [4.78, 5) is 34.2. The fraction of sp³-hybridized carbons (Fsp3) is 0.190. The third kappa shape index (κ3) is 4.41. The van der Waals surface area contributed by atoms with Gasteiger partial charge in [-0.1, -0.05) is 17.3 Å². The van der Waals surface area contributed by atoms with E-state index in [0.717, 1.165) is 10.5 Å². The number of esters is 1. The zero-order chi connectivity index (χ0) is 21.1. The summed E-state index contributed by atoms with van der Waals surface area (Å²) in [5.41, 5.74) is 2.09. The number of carbonyl (C=O) groups excluding carboxylic acids is 1. The molecule has 0 radical (unpaired) electrons. The number of aryl methyl sites for hydroxylation is 2. The number of hydrogen-bond donors (Lipinski definition) is 0. The molecule has 0 aliphatic carbocycles. The maximum Gasteiger partial charge on any atom is 0.339 e. The van der Waals surface area contributed by atoms with Gasteiger partial charge in [0.25, 0.3) is 5.56 Å². The van der Waals surface area contributed by atoms with Gasteiger partial charge in [0.05, 0.1) is 17.0 Å². The summed E-state index contributed by atoms with van der Waals surface area (Å²) >= 11 is 1.40. The van der Waals surface area contributed by atoms with Gasteiger partial charge in [-0.05, 0) is 43.7 Å². The zero-order valence-electron chi connectivity index (χ0n) is 16.4. The third-order valence-corrected chi connectivity index (χ3v) is 5.31. The lowest BCUT2D eigenvalue weighted by molar-refractivity contribution is 0.0463. The molecule has 4 rings (SSSR count). The topological polar surface area (TPSA) is 99.6 Å². The monoisotopic (exact) mass is 422 g/mol. The van der Waals surface area contributed by atoms with Gasteiger partial charge in [0.15, 0.2) is 5.82 Å². The molecular weight excluding hydrogens is 404 g/mol. The lowest BCUT2D eigenvalue weighted by Crippen LogP contribution is -2.16. The van der Waals surface area contributed by atoms with Crippen molar-refractivity contribution in [2.75, 3.05) is 0 Å². The van der Waals surface area contributed by atoms with E-state index in [9.17, 15) is 9.59 Å². The molecule has 0 unspecified atom stereocenters. The van der Waals surface area contributed by atoms with E-state index in [0.29, 0.717) is 34.4 Å². The van der Waals surface area contributed by atoms with E-state index < -0.39 is 5.97 Å². The van der Waals surface area contributed by atoms with Gasteiger partial charge in [0.1, 0.15) is 12.3 Å². The molecule has 4 aromatic rings. The van der Waals surface area contributed by atoms with Crippen molar-refractivity contribution in [2.24, 2.45) is 0 Å². The van der Waals surface area contributed by atoms with Crippen LogP contribution >= 0.6 is 11.8 Å². The molecule has 0 fully saturated rings. The number of rotatable bonds is 6. The summed E-state index contributed by atoms with van der Waals surface area (Å²) in [6.07, 6.45) is 1.67. The maximum absolute atomic E-state index is 12.7. The van der Waals surface area contributed by atoms with Gasteiger partial charge in [0.2, 0.25) is 5.89 Å². The van der Waals surface area contributed by atoms with Crippen LogP contribution in [0.1, 0.15) is 33.3 Å². The van der Waals surface area contributed by atoms with Gasteiger partial charge in [-0.2, -0.15) is 4.98 Å². The first-order valence-corrected chi connectivity index (χ1v) is 10.2. The Balaban J connectivity index is 1.48. The lowest BCUT2D eigenvalue weighted by atomic mass is 10.2. The number of carbonyl (C=O) groups is 1. The van der Waals surface area contributed by atoms with Crippen LogP contribution in [-0.2, 0) is 17.1 Å². The molecule has 8 nitrogen and oxygen atoms in total. The Labute approximate surface area is 175 Å². The minimum absolute atomic E-state index is 0.0969. The molecule has 30 heavy (non-hydrogen) atoms. The molecule has 0 N–H and O–H groups in total. The van der Waals surface area contributed by atoms with E-state index in [-0.39, 0.29) is 12.2 Å². The van der Waals surface area contributed by atoms with Crippen molar-refractivity contribution >= 4 is 23.4 Å².